The fourth-order valence-corrected chi connectivity index (χ4v) is 1.89. The van der Waals surface area contributed by atoms with Crippen LogP contribution in [0.2, 0.25) is 0 Å². The zero-order valence-corrected chi connectivity index (χ0v) is 13.3. The van der Waals surface area contributed by atoms with Gasteiger partial charge in [0.15, 0.2) is 0 Å². The van der Waals surface area contributed by atoms with Crippen molar-refractivity contribution in [3.8, 4) is 0 Å². The topological polar surface area (TPSA) is 29.5 Å². The van der Waals surface area contributed by atoms with E-state index in [2.05, 4.69) is 0 Å². The first-order valence-electron chi connectivity index (χ1n) is 5.28. The molecule has 1 saturated carbocycles. The van der Waals surface area contributed by atoms with E-state index >= 15 is 0 Å². The van der Waals surface area contributed by atoms with E-state index in [1.807, 2.05) is 25.7 Å². The van der Waals surface area contributed by atoms with Gasteiger partial charge < -0.3 is 15.6 Å². The molecule has 0 bridgehead atoms. The van der Waals surface area contributed by atoms with Crippen LogP contribution in [-0.4, -0.2) is 29.7 Å². The molecule has 0 N–H and O–H groups in total. The van der Waals surface area contributed by atoms with E-state index in [4.69, 9.17) is 4.74 Å². The van der Waals surface area contributed by atoms with Gasteiger partial charge in [0.2, 0.25) is 0 Å². The van der Waals surface area contributed by atoms with Gasteiger partial charge in [-0.25, -0.2) is 4.79 Å². The Balaban J connectivity index is 0.00000112. The molecule has 1 amide bonds. The van der Waals surface area contributed by atoms with Gasteiger partial charge in [0.1, 0.15) is 5.60 Å². The maximum Gasteiger partial charge on any atom is 1.00 e. The third-order valence-corrected chi connectivity index (χ3v) is 2.72. The average molecular weight is 235 g/mol. The molecule has 4 heteroatoms. The van der Waals surface area contributed by atoms with Gasteiger partial charge in [-0.05, 0) is 33.9 Å². The molecular weight excluding hydrogens is 217 g/mol. The van der Waals surface area contributed by atoms with Gasteiger partial charge in [-0.3, -0.25) is 0 Å². The number of hydrogen-bond acceptors (Lipinski definition) is 2. The van der Waals surface area contributed by atoms with Crippen molar-refractivity contribution in [2.24, 2.45) is 5.92 Å². The van der Waals surface area contributed by atoms with Crippen LogP contribution in [-0.2, 0) is 4.74 Å². The molecule has 0 aromatic rings. The SMILES string of the molecule is CC(C)(C)OC(=O)N1CC[C-]2CC2C1.[K+]. The van der Waals surface area contributed by atoms with Gasteiger partial charge in [0, 0.05) is 0 Å². The van der Waals surface area contributed by atoms with Crippen LogP contribution < -0.4 is 51.4 Å². The molecule has 1 aliphatic carbocycles. The fourth-order valence-electron chi connectivity index (χ4n) is 1.89. The maximum absolute atomic E-state index is 11.7. The van der Waals surface area contributed by atoms with Crippen molar-refractivity contribution in [3.05, 3.63) is 5.92 Å². The van der Waals surface area contributed by atoms with Gasteiger partial charge >= 0.3 is 57.5 Å². The van der Waals surface area contributed by atoms with Crippen LogP contribution >= 0.6 is 0 Å². The Hall–Kier alpha value is 0.906. The molecule has 80 valence electrons. The Morgan fingerprint density at radius 1 is 1.47 bits per heavy atom. The largest absolute Gasteiger partial charge is 1.00 e. The monoisotopic (exact) mass is 235 g/mol. The quantitative estimate of drug-likeness (QED) is 0.407. The van der Waals surface area contributed by atoms with Crippen molar-refractivity contribution in [2.75, 3.05) is 13.1 Å². The van der Waals surface area contributed by atoms with Gasteiger partial charge in [-0.2, -0.15) is 18.8 Å². The van der Waals surface area contributed by atoms with E-state index < -0.39 is 0 Å². The van der Waals surface area contributed by atoms with Crippen LogP contribution in [0.1, 0.15) is 33.6 Å². The van der Waals surface area contributed by atoms with E-state index in [1.165, 1.54) is 6.42 Å². The number of amides is 1. The summed E-state index contributed by atoms with van der Waals surface area (Å²) in [5.74, 6) is 2.33. The zero-order valence-electron chi connectivity index (χ0n) is 10.2. The van der Waals surface area contributed by atoms with Crippen molar-refractivity contribution in [1.29, 1.82) is 0 Å². The predicted molar refractivity (Wildman–Crippen MR) is 53.8 cm³/mol. The Morgan fingerprint density at radius 2 is 2.13 bits per heavy atom. The number of carbonyl (C=O) groups is 1. The number of piperidine rings is 1. The summed E-state index contributed by atoms with van der Waals surface area (Å²) in [4.78, 5) is 13.5. The molecule has 1 heterocycles. The number of rotatable bonds is 0. The van der Waals surface area contributed by atoms with Crippen LogP contribution in [0.5, 0.6) is 0 Å². The summed E-state index contributed by atoms with van der Waals surface area (Å²) in [5, 5.41) is 0. The molecular formula is C11H18KNO2. The van der Waals surface area contributed by atoms with Crippen molar-refractivity contribution < 1.29 is 60.9 Å². The van der Waals surface area contributed by atoms with E-state index in [1.54, 1.807) is 5.92 Å². The van der Waals surface area contributed by atoms with E-state index in [0.717, 1.165) is 19.5 Å². The maximum atomic E-state index is 11.7. The van der Waals surface area contributed by atoms with Gasteiger partial charge in [-0.15, -0.1) is 0 Å². The second-order valence-electron chi connectivity index (χ2n) is 5.24. The Kier molecular flexibility index (Phi) is 4.70. The number of fused-ring (bicyclic) bond motifs is 1. The van der Waals surface area contributed by atoms with E-state index in [9.17, 15) is 4.79 Å². The minimum atomic E-state index is -0.370. The molecule has 2 fully saturated rings. The standard InChI is InChI=1S/C11H18NO2.K/c1-11(2,3)14-10(13)12-5-4-8-6-9(8)7-12;/h9H,4-7H2,1-3H3;/q-1;+1. The van der Waals surface area contributed by atoms with Crippen molar-refractivity contribution in [3.63, 3.8) is 0 Å². The summed E-state index contributed by atoms with van der Waals surface area (Å²) in [6.45, 7) is 7.45. The van der Waals surface area contributed by atoms with Crippen LogP contribution in [0.25, 0.3) is 0 Å². The van der Waals surface area contributed by atoms with E-state index in [0.29, 0.717) is 5.92 Å². The van der Waals surface area contributed by atoms with E-state index in [-0.39, 0.29) is 63.1 Å². The summed E-state index contributed by atoms with van der Waals surface area (Å²) < 4.78 is 5.32. The normalized spacial score (nSPS) is 25.3. The van der Waals surface area contributed by atoms with Gasteiger partial charge in [0.05, 0.1) is 0 Å². The summed E-state index contributed by atoms with van der Waals surface area (Å²) in [5.41, 5.74) is -0.370. The molecule has 0 aromatic carbocycles. The summed E-state index contributed by atoms with van der Waals surface area (Å²) in [6.07, 6.45) is 2.17. The molecule has 0 spiro atoms. The van der Waals surface area contributed by atoms with Crippen molar-refractivity contribution in [2.45, 2.75) is 39.2 Å². The summed E-state index contributed by atoms with van der Waals surface area (Å²) >= 11 is 0. The Labute approximate surface area is 134 Å². The smallest absolute Gasteiger partial charge is 0.444 e. The summed E-state index contributed by atoms with van der Waals surface area (Å²) in [6, 6.07) is 0. The number of nitrogens with zero attached hydrogens (tertiary/aromatic N) is 1. The van der Waals surface area contributed by atoms with Gasteiger partial charge in [0.25, 0.3) is 0 Å². The molecule has 2 aliphatic rings. The molecule has 2 rings (SSSR count). The minimum Gasteiger partial charge on any atom is -0.444 e. The molecule has 1 unspecified atom stereocenters. The van der Waals surface area contributed by atoms with Crippen molar-refractivity contribution in [1.82, 2.24) is 4.90 Å². The average Bonchev–Trinajstić information content (AvgIpc) is 2.77. The van der Waals surface area contributed by atoms with Gasteiger partial charge in [-0.1, -0.05) is 0 Å². The first kappa shape index (κ1) is 14.0. The third kappa shape index (κ3) is 4.00. The molecule has 3 nitrogen and oxygen atoms in total. The van der Waals surface area contributed by atoms with Crippen LogP contribution in [0.4, 0.5) is 4.79 Å². The number of carbonyl (C=O) groups excluding carboxylic acids is 1. The van der Waals surface area contributed by atoms with Crippen LogP contribution in [0.3, 0.4) is 0 Å². The zero-order chi connectivity index (χ0) is 10.3. The fraction of sp³-hybridized carbons (Fsp3) is 0.818. The number of hydrogen-bond donors (Lipinski definition) is 0. The first-order chi connectivity index (χ1) is 6.46. The second-order valence-corrected chi connectivity index (χ2v) is 5.24. The molecule has 0 aromatic heterocycles. The van der Waals surface area contributed by atoms with Crippen LogP contribution in [0, 0.1) is 11.8 Å². The Morgan fingerprint density at radius 3 is 2.67 bits per heavy atom. The first-order valence-corrected chi connectivity index (χ1v) is 5.28. The molecule has 1 aliphatic heterocycles. The molecule has 1 atom stereocenters. The number of ether oxygens (including phenoxy) is 1. The molecule has 15 heavy (non-hydrogen) atoms. The Bertz CT molecular complexity index is 249. The van der Waals surface area contributed by atoms with Crippen molar-refractivity contribution >= 4 is 6.09 Å². The number of likely N-dealkylation sites (tertiary alicyclic amines) is 1. The third-order valence-electron chi connectivity index (χ3n) is 2.72. The summed E-state index contributed by atoms with van der Waals surface area (Å²) in [7, 11) is 0. The molecule has 0 radical (unpaired) electrons. The minimum absolute atomic E-state index is 0. The predicted octanol–water partition coefficient (Wildman–Crippen LogP) is -0.774. The molecule has 1 saturated heterocycles. The van der Waals surface area contributed by atoms with Crippen LogP contribution in [0.15, 0.2) is 0 Å². The second kappa shape index (κ2) is 5.04.